The van der Waals surface area contributed by atoms with E-state index in [2.05, 4.69) is 64.7 Å². The summed E-state index contributed by atoms with van der Waals surface area (Å²) >= 11 is 0. The molecule has 0 fully saturated rings. The molecule has 4 rings (SSSR count). The van der Waals surface area contributed by atoms with Crippen LogP contribution in [0.15, 0.2) is 79.0 Å². The van der Waals surface area contributed by atoms with Gasteiger partial charge in [0.1, 0.15) is 0 Å². The molecule has 35 heavy (non-hydrogen) atoms. The van der Waals surface area contributed by atoms with Gasteiger partial charge in [-0.1, -0.05) is 96.1 Å². The van der Waals surface area contributed by atoms with Crippen molar-refractivity contribution in [3.8, 4) is 11.5 Å². The molecule has 0 amide bonds. The van der Waals surface area contributed by atoms with E-state index in [-0.39, 0.29) is 27.3 Å². The minimum absolute atomic E-state index is 0. The van der Waals surface area contributed by atoms with Gasteiger partial charge >= 0.3 is 16.5 Å². The first kappa shape index (κ1) is 28.1. The van der Waals surface area contributed by atoms with Crippen molar-refractivity contribution in [1.29, 1.82) is 5.41 Å². The van der Waals surface area contributed by atoms with E-state index < -0.39 is 11.5 Å². The second-order valence-corrected chi connectivity index (χ2v) is 10.5. The molecule has 0 aliphatic rings. The fraction of sp³-hybridized carbons (Fsp3) is 0.267. The molecule has 0 aliphatic carbocycles. The molecule has 5 heteroatoms. The van der Waals surface area contributed by atoms with Crippen LogP contribution >= 0.6 is 0 Å². The molecule has 184 valence electrons. The predicted octanol–water partition coefficient (Wildman–Crippen LogP) is 6.08. The average molecular weight is 511 g/mol. The van der Waals surface area contributed by atoms with Crippen LogP contribution < -0.4 is 10.2 Å². The molecular formula is C30H32N2NiO2. The van der Waals surface area contributed by atoms with Crippen molar-refractivity contribution >= 4 is 16.5 Å². The van der Waals surface area contributed by atoms with Crippen LogP contribution in [-0.2, 0) is 27.3 Å². The van der Waals surface area contributed by atoms with Gasteiger partial charge < -0.3 is 10.2 Å². The van der Waals surface area contributed by atoms with Crippen molar-refractivity contribution in [2.75, 3.05) is 0 Å². The van der Waals surface area contributed by atoms with Gasteiger partial charge in [0.25, 0.3) is 0 Å². The number of hydrogen-bond donors (Lipinski definition) is 1. The third-order valence-electron chi connectivity index (χ3n) is 5.70. The average Bonchev–Trinajstić information content (AvgIpc) is 2.79. The summed E-state index contributed by atoms with van der Waals surface area (Å²) < 4.78 is 0. The number of hydrogen-bond acceptors (Lipinski definition) is 4. The largest absolute Gasteiger partial charge is 2.00 e. The summed E-state index contributed by atoms with van der Waals surface area (Å²) in [5.74, 6) is -0.873. The number of benzene rings is 3. The van der Waals surface area contributed by atoms with Gasteiger partial charge in [-0.2, -0.15) is 0 Å². The number of aromatic nitrogens is 1. The molecule has 0 unspecified atom stereocenters. The fourth-order valence-electron chi connectivity index (χ4n) is 3.72. The second kappa shape index (κ2) is 11.1. The fourth-order valence-corrected chi connectivity index (χ4v) is 3.72. The van der Waals surface area contributed by atoms with Gasteiger partial charge in [0.05, 0.1) is 11.4 Å². The van der Waals surface area contributed by atoms with Crippen molar-refractivity contribution in [2.24, 2.45) is 0 Å². The van der Waals surface area contributed by atoms with Crippen LogP contribution in [0.25, 0.3) is 10.8 Å². The number of nitrogens with one attached hydrogen (secondary N) is 1. The van der Waals surface area contributed by atoms with Crippen LogP contribution in [0.2, 0.25) is 0 Å². The number of rotatable bonds is 2. The van der Waals surface area contributed by atoms with E-state index >= 15 is 0 Å². The molecule has 0 spiro atoms. The van der Waals surface area contributed by atoms with Gasteiger partial charge in [0.15, 0.2) is 0 Å². The molecule has 1 N–H and O–H groups in total. The maximum atomic E-state index is 10.9. The van der Waals surface area contributed by atoms with Gasteiger partial charge in [-0.15, -0.1) is 11.5 Å². The smallest absolute Gasteiger partial charge is 0.873 e. The van der Waals surface area contributed by atoms with Crippen LogP contribution in [-0.4, -0.2) is 10.7 Å². The molecule has 1 heterocycles. The quantitative estimate of drug-likeness (QED) is 0.262. The van der Waals surface area contributed by atoms with Crippen molar-refractivity contribution in [1.82, 2.24) is 4.98 Å². The SMILES string of the molecule is CC(C)(C)c1ccc(C(C)(C)C)c(C(=N)c2ccccn2)c1.[Ni+2].[O-]c1cc2ccccc2cc1[O-]. The van der Waals surface area contributed by atoms with E-state index in [1.54, 1.807) is 6.20 Å². The van der Waals surface area contributed by atoms with Crippen LogP contribution in [0.3, 0.4) is 0 Å². The summed E-state index contributed by atoms with van der Waals surface area (Å²) in [6, 6.07) is 22.3. The monoisotopic (exact) mass is 510 g/mol. The Labute approximate surface area is 218 Å². The molecule has 0 bridgehead atoms. The Morgan fingerprint density at radius 2 is 1.26 bits per heavy atom. The van der Waals surface area contributed by atoms with Crippen molar-refractivity contribution in [2.45, 2.75) is 52.4 Å². The summed E-state index contributed by atoms with van der Waals surface area (Å²) in [4.78, 5) is 4.35. The van der Waals surface area contributed by atoms with E-state index in [4.69, 9.17) is 5.41 Å². The van der Waals surface area contributed by atoms with E-state index in [9.17, 15) is 10.2 Å². The number of nitrogens with zero attached hydrogens (tertiary/aromatic N) is 1. The van der Waals surface area contributed by atoms with Crippen molar-refractivity contribution in [3.63, 3.8) is 0 Å². The van der Waals surface area contributed by atoms with Crippen LogP contribution in [0.1, 0.15) is 63.9 Å². The maximum Gasteiger partial charge on any atom is 2.00 e. The second-order valence-electron chi connectivity index (χ2n) is 10.5. The summed E-state index contributed by atoms with van der Waals surface area (Å²) in [5, 5.41) is 32.1. The molecule has 0 aliphatic heterocycles. The minimum atomic E-state index is -0.436. The zero-order valence-corrected chi connectivity index (χ0v) is 22.1. The number of pyridine rings is 1. The summed E-state index contributed by atoms with van der Waals surface area (Å²) in [6.45, 7) is 13.2. The normalized spacial score (nSPS) is 11.3. The molecule has 4 aromatic rings. The topological polar surface area (TPSA) is 82.9 Å². The first-order valence-electron chi connectivity index (χ1n) is 11.4. The summed E-state index contributed by atoms with van der Waals surface area (Å²) in [6.07, 6.45) is 1.74. The standard InChI is InChI=1S/C20H26N2.C10H8O2.Ni/c1-19(2,3)14-10-11-16(20(4,5)6)15(13-14)18(21)17-9-7-8-12-22-17;11-9-5-7-3-1-2-4-8(7)6-10(9)12;/h7-13,21H,1-6H3;1-6,11-12H;/q;;+2/p-2. The van der Waals surface area contributed by atoms with Gasteiger partial charge in [0.2, 0.25) is 0 Å². The summed E-state index contributed by atoms with van der Waals surface area (Å²) in [5.41, 5.74) is 4.70. The Kier molecular flexibility index (Phi) is 8.86. The van der Waals surface area contributed by atoms with Crippen LogP contribution in [0, 0.1) is 5.41 Å². The molecule has 0 atom stereocenters. The molecule has 0 radical (unpaired) electrons. The molecule has 0 saturated carbocycles. The third-order valence-corrected chi connectivity index (χ3v) is 5.70. The molecule has 1 aromatic heterocycles. The van der Waals surface area contributed by atoms with Crippen molar-refractivity contribution in [3.05, 3.63) is 101 Å². The zero-order valence-electron chi connectivity index (χ0n) is 21.1. The minimum Gasteiger partial charge on any atom is -0.873 e. The van der Waals surface area contributed by atoms with Crippen LogP contribution in [0.4, 0.5) is 0 Å². The Morgan fingerprint density at radius 1 is 0.714 bits per heavy atom. The van der Waals surface area contributed by atoms with Crippen LogP contribution in [0.5, 0.6) is 11.5 Å². The van der Waals surface area contributed by atoms with E-state index in [0.29, 0.717) is 5.71 Å². The molecule has 3 aromatic carbocycles. The van der Waals surface area contributed by atoms with E-state index in [0.717, 1.165) is 22.0 Å². The molecular weight excluding hydrogens is 479 g/mol. The first-order valence-corrected chi connectivity index (χ1v) is 11.4. The predicted molar refractivity (Wildman–Crippen MR) is 137 cm³/mol. The number of fused-ring (bicyclic) bond motifs is 1. The van der Waals surface area contributed by atoms with E-state index in [1.165, 1.54) is 23.3 Å². The Balaban J connectivity index is 0.000000280. The van der Waals surface area contributed by atoms with Crippen molar-refractivity contribution < 1.29 is 26.7 Å². The van der Waals surface area contributed by atoms with Gasteiger partial charge in [-0.25, -0.2) is 0 Å². The first-order chi connectivity index (χ1) is 15.9. The zero-order chi connectivity index (χ0) is 25.1. The molecule has 0 saturated heterocycles. The van der Waals surface area contributed by atoms with Gasteiger partial charge in [-0.05, 0) is 50.9 Å². The maximum absolute atomic E-state index is 10.9. The summed E-state index contributed by atoms with van der Waals surface area (Å²) in [7, 11) is 0. The Hall–Kier alpha value is -3.17. The Bertz CT molecular complexity index is 1260. The van der Waals surface area contributed by atoms with E-state index in [1.807, 2.05) is 42.5 Å². The Morgan fingerprint density at radius 3 is 1.71 bits per heavy atom. The molecule has 4 nitrogen and oxygen atoms in total. The third kappa shape index (κ3) is 6.93. The van der Waals surface area contributed by atoms with Gasteiger partial charge in [-0.3, -0.25) is 10.4 Å². The van der Waals surface area contributed by atoms with Gasteiger partial charge in [0, 0.05) is 11.8 Å².